The largest absolute Gasteiger partial charge is 0.389 e. The molecule has 0 fully saturated rings. The second-order valence-electron chi connectivity index (χ2n) is 1.94. The summed E-state index contributed by atoms with van der Waals surface area (Å²) in [5.41, 5.74) is 0. The van der Waals surface area contributed by atoms with E-state index in [1.54, 1.807) is 7.11 Å². The molecule has 0 bridgehead atoms. The van der Waals surface area contributed by atoms with E-state index in [0.717, 1.165) is 13.2 Å². The van der Waals surface area contributed by atoms with Gasteiger partial charge in [-0.05, 0) is 7.05 Å². The number of ether oxygens (including phenoxy) is 1. The van der Waals surface area contributed by atoms with Gasteiger partial charge in [0.15, 0.2) is 0 Å². The fourth-order valence-electron chi connectivity index (χ4n) is 0.478. The highest BCUT2D eigenvalue weighted by Crippen LogP contribution is 1.81. The molecule has 0 atom stereocenters. The zero-order chi connectivity index (χ0) is 7.11. The van der Waals surface area contributed by atoms with Gasteiger partial charge in [0.05, 0.1) is 13.2 Å². The minimum Gasteiger partial charge on any atom is -0.389 e. The highest BCUT2D eigenvalue weighted by Gasteiger charge is 1.93. The van der Waals surface area contributed by atoms with Crippen molar-refractivity contribution < 1.29 is 9.84 Å². The van der Waals surface area contributed by atoms with Crippen LogP contribution in [0.5, 0.6) is 0 Å². The predicted octanol–water partition coefficient (Wildman–Crippen LogP) is 0.0989. The van der Waals surface area contributed by atoms with Gasteiger partial charge in [0, 0.05) is 20.2 Å². The highest BCUT2D eigenvalue weighted by atomic mass is 16.5. The summed E-state index contributed by atoms with van der Waals surface area (Å²) in [6, 6.07) is 0. The summed E-state index contributed by atoms with van der Waals surface area (Å²) in [5, 5.41) is 8.33. The molecule has 0 aromatic heterocycles. The molecule has 0 aromatic rings. The highest BCUT2D eigenvalue weighted by molar-refractivity contribution is 4.54. The maximum Gasteiger partial charge on any atom is 0.0938 e. The maximum absolute atomic E-state index is 8.33. The molecule has 0 aromatic carbocycles. The first kappa shape index (κ1) is 8.88. The summed E-state index contributed by atoms with van der Waals surface area (Å²) >= 11 is 0. The Kier molecular flexibility index (Phi) is 5.93. The van der Waals surface area contributed by atoms with Gasteiger partial charge in [0.2, 0.25) is 0 Å². The van der Waals surface area contributed by atoms with Crippen LogP contribution in [0.2, 0.25) is 0 Å². The van der Waals surface area contributed by atoms with Crippen molar-refractivity contribution in [2.75, 3.05) is 33.9 Å². The monoisotopic (exact) mass is 132 g/mol. The summed E-state index contributed by atoms with van der Waals surface area (Å²) in [4.78, 5) is 1.96. The summed E-state index contributed by atoms with van der Waals surface area (Å²) in [7, 11) is 3.59. The van der Waals surface area contributed by atoms with Gasteiger partial charge in [-0.3, -0.25) is 0 Å². The van der Waals surface area contributed by atoms with E-state index in [1.165, 1.54) is 0 Å². The van der Waals surface area contributed by atoms with Crippen LogP contribution in [0, 0.1) is 6.61 Å². The second-order valence-corrected chi connectivity index (χ2v) is 1.94. The lowest BCUT2D eigenvalue weighted by Gasteiger charge is -2.12. The van der Waals surface area contributed by atoms with Crippen LogP contribution in [0.25, 0.3) is 0 Å². The lowest BCUT2D eigenvalue weighted by molar-refractivity contribution is 0.158. The molecule has 0 saturated carbocycles. The van der Waals surface area contributed by atoms with Crippen LogP contribution in [0.3, 0.4) is 0 Å². The van der Waals surface area contributed by atoms with Crippen LogP contribution < -0.4 is 0 Å². The Bertz CT molecular complexity index is 59.0. The van der Waals surface area contributed by atoms with Crippen molar-refractivity contribution in [3.05, 3.63) is 6.61 Å². The fraction of sp³-hybridized carbons (Fsp3) is 0.833. The number of hydrogen-bond donors (Lipinski definition) is 1. The van der Waals surface area contributed by atoms with Gasteiger partial charge in [0.1, 0.15) is 0 Å². The molecule has 0 rings (SSSR count). The SMILES string of the molecule is COCCN(C)C[CH]O. The van der Waals surface area contributed by atoms with E-state index in [9.17, 15) is 0 Å². The van der Waals surface area contributed by atoms with E-state index in [0.29, 0.717) is 13.2 Å². The number of methoxy groups -OCH3 is 1. The van der Waals surface area contributed by atoms with E-state index in [1.807, 2.05) is 11.9 Å². The number of hydrogen-bond acceptors (Lipinski definition) is 3. The molecule has 0 unspecified atom stereocenters. The van der Waals surface area contributed by atoms with Crippen LogP contribution in [-0.2, 0) is 4.74 Å². The number of aliphatic hydroxyl groups excluding tert-OH is 1. The topological polar surface area (TPSA) is 32.7 Å². The Morgan fingerprint density at radius 1 is 1.67 bits per heavy atom. The molecule has 1 radical (unpaired) electrons. The van der Waals surface area contributed by atoms with Gasteiger partial charge in [-0.15, -0.1) is 0 Å². The summed E-state index contributed by atoms with van der Waals surface area (Å²) in [5.74, 6) is 0. The van der Waals surface area contributed by atoms with E-state index in [-0.39, 0.29) is 0 Å². The van der Waals surface area contributed by atoms with Crippen molar-refractivity contribution in [1.82, 2.24) is 4.90 Å². The summed E-state index contributed by atoms with van der Waals surface area (Å²) in [6.07, 6.45) is 0. The third-order valence-corrected chi connectivity index (χ3v) is 1.07. The van der Waals surface area contributed by atoms with Crippen molar-refractivity contribution in [2.24, 2.45) is 0 Å². The Morgan fingerprint density at radius 2 is 2.33 bits per heavy atom. The molecule has 0 aliphatic carbocycles. The first-order valence-electron chi connectivity index (χ1n) is 2.94. The molecule has 3 heteroatoms. The van der Waals surface area contributed by atoms with Gasteiger partial charge >= 0.3 is 0 Å². The second kappa shape index (κ2) is 6.01. The van der Waals surface area contributed by atoms with Crippen molar-refractivity contribution in [3.8, 4) is 0 Å². The molecule has 0 aliphatic rings. The third kappa shape index (κ3) is 5.76. The smallest absolute Gasteiger partial charge is 0.0938 e. The zero-order valence-electron chi connectivity index (χ0n) is 6.00. The standard InChI is InChI=1S/C6H14NO2/c1-7(3-5-8)4-6-9-2/h5,8H,3-4,6H2,1-2H3. The van der Waals surface area contributed by atoms with Gasteiger partial charge in [-0.1, -0.05) is 0 Å². The quantitative estimate of drug-likeness (QED) is 0.576. The van der Waals surface area contributed by atoms with E-state index in [2.05, 4.69) is 0 Å². The van der Waals surface area contributed by atoms with Crippen LogP contribution in [0.4, 0.5) is 0 Å². The van der Waals surface area contributed by atoms with Crippen LogP contribution in [0.1, 0.15) is 0 Å². The summed E-state index contributed by atoms with van der Waals surface area (Å²) in [6.45, 7) is 3.30. The molecule has 0 spiro atoms. The fourth-order valence-corrected chi connectivity index (χ4v) is 0.478. The predicted molar refractivity (Wildman–Crippen MR) is 35.6 cm³/mol. The molecule has 0 heterocycles. The van der Waals surface area contributed by atoms with Gasteiger partial charge in [-0.25, -0.2) is 0 Å². The van der Waals surface area contributed by atoms with E-state index >= 15 is 0 Å². The van der Waals surface area contributed by atoms with Crippen molar-refractivity contribution in [2.45, 2.75) is 0 Å². The van der Waals surface area contributed by atoms with Crippen molar-refractivity contribution in [1.29, 1.82) is 0 Å². The molecular weight excluding hydrogens is 118 g/mol. The molecule has 9 heavy (non-hydrogen) atoms. The number of aliphatic hydroxyl groups is 1. The van der Waals surface area contributed by atoms with Gasteiger partial charge in [0.25, 0.3) is 0 Å². The molecule has 3 nitrogen and oxygen atoms in total. The van der Waals surface area contributed by atoms with Crippen molar-refractivity contribution >= 4 is 0 Å². The normalized spacial score (nSPS) is 10.7. The maximum atomic E-state index is 8.33. The Morgan fingerprint density at radius 3 is 2.78 bits per heavy atom. The number of rotatable bonds is 5. The number of nitrogens with zero attached hydrogens (tertiary/aromatic N) is 1. The number of likely N-dealkylation sites (N-methyl/N-ethyl adjacent to an activating group) is 1. The molecule has 1 N–H and O–H groups in total. The van der Waals surface area contributed by atoms with E-state index in [4.69, 9.17) is 9.84 Å². The van der Waals surface area contributed by atoms with Crippen LogP contribution >= 0.6 is 0 Å². The lowest BCUT2D eigenvalue weighted by Crippen LogP contribution is -2.23. The van der Waals surface area contributed by atoms with Crippen LogP contribution in [0.15, 0.2) is 0 Å². The first-order valence-corrected chi connectivity index (χ1v) is 2.94. The lowest BCUT2D eigenvalue weighted by atomic mass is 10.5. The average molecular weight is 132 g/mol. The Labute approximate surface area is 56.2 Å². The van der Waals surface area contributed by atoms with Crippen molar-refractivity contribution in [3.63, 3.8) is 0 Å². The average Bonchev–Trinajstić information content (AvgIpc) is 1.85. The minimum atomic E-state index is 0.601. The Balaban J connectivity index is 2.95. The molecular formula is C6H14NO2. The molecule has 55 valence electrons. The minimum absolute atomic E-state index is 0.601. The Hall–Kier alpha value is -0.120. The molecule has 0 amide bonds. The van der Waals surface area contributed by atoms with Gasteiger partial charge < -0.3 is 14.7 Å². The summed E-state index contributed by atoms with van der Waals surface area (Å²) < 4.78 is 4.82. The van der Waals surface area contributed by atoms with Gasteiger partial charge in [-0.2, -0.15) is 0 Å². The molecule has 0 aliphatic heterocycles. The molecule has 0 saturated heterocycles. The van der Waals surface area contributed by atoms with E-state index < -0.39 is 0 Å². The zero-order valence-corrected chi connectivity index (χ0v) is 6.00. The third-order valence-electron chi connectivity index (χ3n) is 1.07. The first-order chi connectivity index (χ1) is 4.31. The van der Waals surface area contributed by atoms with Crippen LogP contribution in [-0.4, -0.2) is 43.9 Å².